The number of fused-ring (bicyclic) bond motifs is 2. The lowest BCUT2D eigenvalue weighted by Gasteiger charge is -2.15. The zero-order valence-electron chi connectivity index (χ0n) is 40.7. The minimum Gasteiger partial charge on any atom is -0.489 e. The Morgan fingerprint density at radius 3 is 1.57 bits per heavy atom. The van der Waals surface area contributed by atoms with Crippen LogP contribution in [0.2, 0.25) is 0 Å². The molecular formula is C53H49F6N7O11. The van der Waals surface area contributed by atoms with Gasteiger partial charge in [0.25, 0.3) is 0 Å². The van der Waals surface area contributed by atoms with Crippen LogP contribution in [0.3, 0.4) is 0 Å². The van der Waals surface area contributed by atoms with E-state index < -0.39 is 36.2 Å². The summed E-state index contributed by atoms with van der Waals surface area (Å²) in [5.74, 6) is -6.38. The highest BCUT2D eigenvalue weighted by atomic mass is 19.4. The van der Waals surface area contributed by atoms with Crippen LogP contribution in [0.4, 0.5) is 26.3 Å². The molecule has 0 aliphatic rings. The third-order valence-corrected chi connectivity index (χ3v) is 10.8. The summed E-state index contributed by atoms with van der Waals surface area (Å²) in [4.78, 5) is 53.5. The van der Waals surface area contributed by atoms with Crippen LogP contribution >= 0.6 is 0 Å². The summed E-state index contributed by atoms with van der Waals surface area (Å²) in [5, 5.41) is 52.4. The second-order valence-electron chi connectivity index (χ2n) is 16.5. The van der Waals surface area contributed by atoms with Gasteiger partial charge in [0.2, 0.25) is 5.91 Å². The van der Waals surface area contributed by atoms with Crippen molar-refractivity contribution < 1.29 is 80.2 Å². The number of amides is 1. The third kappa shape index (κ3) is 18.5. The second kappa shape index (κ2) is 27.8. The lowest BCUT2D eigenvalue weighted by atomic mass is 10.1. The van der Waals surface area contributed by atoms with Crippen molar-refractivity contribution in [3.05, 3.63) is 166 Å². The molecule has 8 N–H and O–H groups in total. The van der Waals surface area contributed by atoms with Crippen molar-refractivity contribution in [2.45, 2.75) is 51.5 Å². The molecule has 0 spiro atoms. The average molecular weight is 1070 g/mol. The van der Waals surface area contributed by atoms with Crippen LogP contribution in [0.5, 0.6) is 11.5 Å². The lowest BCUT2D eigenvalue weighted by Crippen LogP contribution is -2.34. The van der Waals surface area contributed by atoms with Crippen LogP contribution in [0.1, 0.15) is 49.3 Å². The standard InChI is InChI=1S/C26H23N3O3.C23H24N4O4.2C2HF3O2/c27-11-10-22-16-29(15-20-2-1-3-21(12-20)26(30)31)25-9-8-23(13-24(22)25)32-17-19-6-4-18(14-28)5-7-19;1-26(14-23(29)30)22(28)13-27-12-18(7-8-24)20-10-19(5-6-21(20)27)31-15-17-4-2-3-16(9-17)11-25;2*3-2(4,5)1(6)7/h1-9,12-13,16H,10-11,15,17,27H2,(H,30,31);2-6,9-10,12H,7-8,13-15,24H2,1H3,(H,29,30);2*(H,6,7). The molecule has 404 valence electrons. The minimum atomic E-state index is -5.08. The van der Waals surface area contributed by atoms with Gasteiger partial charge in [-0.15, -0.1) is 0 Å². The normalized spacial score (nSPS) is 10.8. The van der Waals surface area contributed by atoms with Crippen LogP contribution < -0.4 is 20.9 Å². The summed E-state index contributed by atoms with van der Waals surface area (Å²) in [7, 11) is 1.47. The number of carbonyl (C=O) groups excluding carboxylic acids is 1. The van der Waals surface area contributed by atoms with E-state index in [1.807, 2.05) is 72.9 Å². The molecule has 0 radical (unpaired) electrons. The maximum atomic E-state index is 12.4. The lowest BCUT2D eigenvalue weighted by molar-refractivity contribution is -0.193. The molecule has 0 aliphatic carbocycles. The fourth-order valence-corrected chi connectivity index (χ4v) is 7.15. The summed E-state index contributed by atoms with van der Waals surface area (Å²) in [6.45, 7) is 1.97. The Hall–Kier alpha value is -9.39. The van der Waals surface area contributed by atoms with Crippen molar-refractivity contribution in [2.24, 2.45) is 11.5 Å². The predicted molar refractivity (Wildman–Crippen MR) is 266 cm³/mol. The molecule has 0 saturated heterocycles. The van der Waals surface area contributed by atoms with Gasteiger partial charge in [0, 0.05) is 47.8 Å². The number of alkyl halides is 6. The molecular weight excluding hydrogens is 1020 g/mol. The van der Waals surface area contributed by atoms with E-state index >= 15 is 0 Å². The number of benzene rings is 5. The van der Waals surface area contributed by atoms with Gasteiger partial charge in [0.1, 0.15) is 37.8 Å². The molecule has 0 saturated carbocycles. The number of nitrogens with zero attached hydrogens (tertiary/aromatic N) is 5. The Balaban J connectivity index is 0.000000267. The summed E-state index contributed by atoms with van der Waals surface area (Å²) < 4.78 is 79.3. The van der Waals surface area contributed by atoms with Crippen molar-refractivity contribution in [3.8, 4) is 23.6 Å². The van der Waals surface area contributed by atoms with E-state index in [9.17, 15) is 45.8 Å². The van der Waals surface area contributed by atoms with Gasteiger partial charge < -0.3 is 55.4 Å². The molecule has 0 unspecified atom stereocenters. The molecule has 5 aromatic carbocycles. The first-order valence-electron chi connectivity index (χ1n) is 22.6. The monoisotopic (exact) mass is 1070 g/mol. The van der Waals surface area contributed by atoms with Crippen molar-refractivity contribution in [1.29, 1.82) is 10.5 Å². The molecule has 0 aliphatic heterocycles. The van der Waals surface area contributed by atoms with E-state index in [0.29, 0.717) is 56.1 Å². The average Bonchev–Trinajstić information content (AvgIpc) is 3.90. The molecule has 7 rings (SSSR count). The van der Waals surface area contributed by atoms with Crippen LogP contribution in [0, 0.1) is 22.7 Å². The van der Waals surface area contributed by atoms with Crippen LogP contribution in [0.25, 0.3) is 21.8 Å². The highest BCUT2D eigenvalue weighted by Gasteiger charge is 2.39. The highest BCUT2D eigenvalue weighted by Crippen LogP contribution is 2.30. The van der Waals surface area contributed by atoms with Gasteiger partial charge in [-0.2, -0.15) is 36.9 Å². The van der Waals surface area contributed by atoms with Gasteiger partial charge in [-0.1, -0.05) is 36.4 Å². The van der Waals surface area contributed by atoms with Crippen LogP contribution in [-0.2, 0) is 58.3 Å². The number of likely N-dealkylation sites (N-methyl/N-ethyl adjacent to an activating group) is 1. The number of aromatic nitrogens is 2. The molecule has 0 atom stereocenters. The molecule has 0 fully saturated rings. The summed E-state index contributed by atoms with van der Waals surface area (Å²) in [6, 6.07) is 37.4. The quantitative estimate of drug-likeness (QED) is 0.0475. The SMILES string of the molecule is CN(CC(=O)O)C(=O)Cn1cc(CCN)c2cc(OCc3cccc(C#N)c3)ccc21.N#Cc1ccc(COc2ccc3c(c2)c(CCN)cn3Cc2cccc(C(=O)O)c2)cc1.O=C(O)C(F)(F)F.O=C(O)C(F)(F)F. The molecule has 77 heavy (non-hydrogen) atoms. The van der Waals surface area contributed by atoms with Gasteiger partial charge in [-0.25, -0.2) is 14.4 Å². The second-order valence-corrected chi connectivity index (χ2v) is 16.5. The van der Waals surface area contributed by atoms with Gasteiger partial charge in [0.05, 0.1) is 28.8 Å². The number of hydrogen-bond acceptors (Lipinski definition) is 11. The maximum absolute atomic E-state index is 12.4. The van der Waals surface area contributed by atoms with Crippen molar-refractivity contribution in [2.75, 3.05) is 26.7 Å². The number of carboxylic acid groups (broad SMARTS) is 4. The van der Waals surface area contributed by atoms with Crippen molar-refractivity contribution in [3.63, 3.8) is 0 Å². The van der Waals surface area contributed by atoms with Crippen LogP contribution in [0.15, 0.2) is 122 Å². The minimum absolute atomic E-state index is 0.0337. The van der Waals surface area contributed by atoms with E-state index in [0.717, 1.165) is 61.8 Å². The number of aromatic carboxylic acids is 1. The van der Waals surface area contributed by atoms with E-state index in [4.69, 9.17) is 56.4 Å². The van der Waals surface area contributed by atoms with E-state index in [1.54, 1.807) is 47.0 Å². The van der Waals surface area contributed by atoms with Gasteiger partial charge in [-0.05, 0) is 127 Å². The van der Waals surface area contributed by atoms with E-state index in [-0.39, 0.29) is 24.6 Å². The predicted octanol–water partition coefficient (Wildman–Crippen LogP) is 7.74. The summed E-state index contributed by atoms with van der Waals surface area (Å²) >= 11 is 0. The number of halogens is 6. The van der Waals surface area contributed by atoms with Crippen LogP contribution in [-0.4, -0.2) is 103 Å². The molecule has 2 aromatic heterocycles. The number of hydrogen-bond donors (Lipinski definition) is 6. The largest absolute Gasteiger partial charge is 0.490 e. The van der Waals surface area contributed by atoms with E-state index in [1.165, 1.54) is 11.9 Å². The van der Waals surface area contributed by atoms with Gasteiger partial charge >= 0.3 is 36.2 Å². The first kappa shape index (κ1) is 60.2. The Kier molecular flexibility index (Phi) is 21.7. The number of carboxylic acids is 4. The third-order valence-electron chi connectivity index (χ3n) is 10.8. The number of carbonyl (C=O) groups is 5. The fraction of sp³-hybridized carbons (Fsp3) is 0.226. The number of rotatable bonds is 17. The summed E-state index contributed by atoms with van der Waals surface area (Å²) in [5.41, 5.74) is 19.9. The smallest absolute Gasteiger partial charge is 0.489 e. The molecule has 1 amide bonds. The zero-order valence-corrected chi connectivity index (χ0v) is 40.7. The fourth-order valence-electron chi connectivity index (χ4n) is 7.15. The number of nitriles is 2. The number of nitrogens with two attached hydrogens (primary N) is 2. The van der Waals surface area contributed by atoms with Crippen molar-refractivity contribution in [1.82, 2.24) is 14.0 Å². The Morgan fingerprint density at radius 2 is 1.09 bits per heavy atom. The first-order valence-corrected chi connectivity index (χ1v) is 22.6. The topological polar surface area (TPSA) is 297 Å². The Bertz CT molecular complexity index is 3260. The number of aliphatic carboxylic acids is 3. The molecule has 7 aromatic rings. The Labute approximate surface area is 434 Å². The van der Waals surface area contributed by atoms with Gasteiger partial charge in [0.15, 0.2) is 0 Å². The zero-order chi connectivity index (χ0) is 57.0. The van der Waals surface area contributed by atoms with Gasteiger partial charge in [-0.3, -0.25) is 9.59 Å². The summed E-state index contributed by atoms with van der Waals surface area (Å²) in [6.07, 6.45) is -4.84. The molecule has 24 heteroatoms. The first-order chi connectivity index (χ1) is 36.4. The molecule has 18 nitrogen and oxygen atoms in total. The molecule has 0 bridgehead atoms. The van der Waals surface area contributed by atoms with E-state index in [2.05, 4.69) is 22.9 Å². The maximum Gasteiger partial charge on any atom is 0.490 e. The van der Waals surface area contributed by atoms with Crippen molar-refractivity contribution >= 4 is 51.6 Å². The Morgan fingerprint density at radius 1 is 0.610 bits per heavy atom. The molecule has 2 heterocycles. The number of ether oxygens (including phenoxy) is 2. The highest BCUT2D eigenvalue weighted by molar-refractivity contribution is 5.89.